The molecule has 0 radical (unpaired) electrons. The Morgan fingerprint density at radius 3 is 2.70 bits per heavy atom. The Morgan fingerprint density at radius 2 is 2.10 bits per heavy atom. The molecule has 2 atom stereocenters. The molecule has 2 unspecified atom stereocenters. The number of amides is 2. The van der Waals surface area contributed by atoms with Crippen LogP contribution in [0.25, 0.3) is 0 Å². The van der Waals surface area contributed by atoms with Gasteiger partial charge in [-0.25, -0.2) is 0 Å². The van der Waals surface area contributed by atoms with Gasteiger partial charge in [0.25, 0.3) is 0 Å². The van der Waals surface area contributed by atoms with E-state index in [-0.39, 0.29) is 24.3 Å². The Kier molecular flexibility index (Phi) is 4.68. The van der Waals surface area contributed by atoms with E-state index in [1.165, 1.54) is 12.8 Å². The SMILES string of the molecule is CCC(C)(O)CNC(=O)C1CC(=O)N(C2CCCC2)C1. The highest BCUT2D eigenvalue weighted by Gasteiger charge is 2.38. The molecule has 1 saturated carbocycles. The van der Waals surface area contributed by atoms with Crippen molar-refractivity contribution in [1.82, 2.24) is 10.2 Å². The lowest BCUT2D eigenvalue weighted by molar-refractivity contribution is -0.130. The largest absolute Gasteiger partial charge is 0.388 e. The van der Waals surface area contributed by atoms with Crippen LogP contribution in [0.4, 0.5) is 0 Å². The van der Waals surface area contributed by atoms with Crippen LogP contribution in [0, 0.1) is 5.92 Å². The third kappa shape index (κ3) is 3.51. The van der Waals surface area contributed by atoms with Gasteiger partial charge in [-0.05, 0) is 26.2 Å². The van der Waals surface area contributed by atoms with Gasteiger partial charge in [-0.2, -0.15) is 0 Å². The fraction of sp³-hybridized carbons (Fsp3) is 0.867. The van der Waals surface area contributed by atoms with Gasteiger partial charge >= 0.3 is 0 Å². The first-order chi connectivity index (χ1) is 9.43. The number of carbonyl (C=O) groups is 2. The van der Waals surface area contributed by atoms with Gasteiger partial charge in [-0.3, -0.25) is 9.59 Å². The van der Waals surface area contributed by atoms with E-state index in [1.54, 1.807) is 6.92 Å². The molecule has 1 saturated heterocycles. The molecule has 20 heavy (non-hydrogen) atoms. The van der Waals surface area contributed by atoms with Crippen molar-refractivity contribution in [1.29, 1.82) is 0 Å². The number of carbonyl (C=O) groups excluding carboxylic acids is 2. The van der Waals surface area contributed by atoms with Crippen molar-refractivity contribution in [2.45, 2.75) is 64.0 Å². The molecule has 0 spiro atoms. The Hall–Kier alpha value is -1.10. The van der Waals surface area contributed by atoms with Crippen molar-refractivity contribution < 1.29 is 14.7 Å². The van der Waals surface area contributed by atoms with E-state index in [0.29, 0.717) is 25.4 Å². The number of nitrogens with zero attached hydrogens (tertiary/aromatic N) is 1. The molecule has 0 aromatic heterocycles. The molecule has 5 nitrogen and oxygen atoms in total. The summed E-state index contributed by atoms with van der Waals surface area (Å²) in [6, 6.07) is 0.346. The highest BCUT2D eigenvalue weighted by Crippen LogP contribution is 2.29. The summed E-state index contributed by atoms with van der Waals surface area (Å²) in [6.07, 6.45) is 5.42. The Balaban J connectivity index is 1.84. The van der Waals surface area contributed by atoms with E-state index in [9.17, 15) is 14.7 Å². The zero-order valence-electron chi connectivity index (χ0n) is 12.5. The summed E-state index contributed by atoms with van der Waals surface area (Å²) >= 11 is 0. The van der Waals surface area contributed by atoms with Crippen molar-refractivity contribution >= 4 is 11.8 Å². The highest BCUT2D eigenvalue weighted by atomic mass is 16.3. The molecule has 2 rings (SSSR count). The van der Waals surface area contributed by atoms with Gasteiger partial charge in [0.2, 0.25) is 11.8 Å². The number of likely N-dealkylation sites (tertiary alicyclic amines) is 1. The third-order valence-electron chi connectivity index (χ3n) is 4.70. The van der Waals surface area contributed by atoms with E-state index in [4.69, 9.17) is 0 Å². The molecule has 0 aromatic carbocycles. The van der Waals surface area contributed by atoms with Crippen LogP contribution in [-0.2, 0) is 9.59 Å². The number of hydrogen-bond acceptors (Lipinski definition) is 3. The van der Waals surface area contributed by atoms with Crippen LogP contribution >= 0.6 is 0 Å². The van der Waals surface area contributed by atoms with Crippen molar-refractivity contribution in [2.24, 2.45) is 5.92 Å². The standard InChI is InChI=1S/C15H26N2O3/c1-3-15(2,20)10-16-14(19)11-8-13(18)17(9-11)12-6-4-5-7-12/h11-12,20H,3-10H2,1-2H3,(H,16,19). The molecule has 2 aliphatic rings. The van der Waals surface area contributed by atoms with Gasteiger partial charge < -0.3 is 15.3 Å². The van der Waals surface area contributed by atoms with E-state index in [0.717, 1.165) is 12.8 Å². The first kappa shape index (κ1) is 15.3. The molecule has 114 valence electrons. The first-order valence-corrected chi connectivity index (χ1v) is 7.72. The van der Waals surface area contributed by atoms with E-state index in [1.807, 2.05) is 11.8 Å². The number of aliphatic hydroxyl groups is 1. The second-order valence-electron chi connectivity index (χ2n) is 6.45. The summed E-state index contributed by atoms with van der Waals surface area (Å²) in [5.41, 5.74) is -0.872. The highest BCUT2D eigenvalue weighted by molar-refractivity contribution is 5.89. The lowest BCUT2D eigenvalue weighted by Crippen LogP contribution is -2.43. The average Bonchev–Trinajstić information content (AvgIpc) is 3.05. The van der Waals surface area contributed by atoms with Crippen molar-refractivity contribution in [3.63, 3.8) is 0 Å². The van der Waals surface area contributed by atoms with Crippen LogP contribution in [0.15, 0.2) is 0 Å². The van der Waals surface area contributed by atoms with Crippen molar-refractivity contribution in [2.75, 3.05) is 13.1 Å². The maximum Gasteiger partial charge on any atom is 0.225 e. The molecule has 1 aliphatic carbocycles. The van der Waals surface area contributed by atoms with Gasteiger partial charge in [0.1, 0.15) is 0 Å². The molecule has 0 bridgehead atoms. The predicted molar refractivity (Wildman–Crippen MR) is 76.0 cm³/mol. The fourth-order valence-corrected chi connectivity index (χ4v) is 3.02. The van der Waals surface area contributed by atoms with Crippen LogP contribution < -0.4 is 5.32 Å². The normalized spacial score (nSPS) is 26.9. The smallest absolute Gasteiger partial charge is 0.225 e. The molecule has 2 N–H and O–H groups in total. The second-order valence-corrected chi connectivity index (χ2v) is 6.45. The van der Waals surface area contributed by atoms with Crippen LogP contribution in [0.1, 0.15) is 52.4 Å². The number of hydrogen-bond donors (Lipinski definition) is 2. The minimum absolute atomic E-state index is 0.104. The Bertz CT molecular complexity index is 375. The second kappa shape index (κ2) is 6.12. The van der Waals surface area contributed by atoms with E-state index < -0.39 is 5.60 Å². The molecule has 0 aromatic rings. The maximum atomic E-state index is 12.1. The Labute approximate surface area is 120 Å². The minimum atomic E-state index is -0.872. The lowest BCUT2D eigenvalue weighted by atomic mass is 10.0. The average molecular weight is 282 g/mol. The number of rotatable bonds is 5. The minimum Gasteiger partial charge on any atom is -0.388 e. The van der Waals surface area contributed by atoms with Crippen molar-refractivity contribution in [3.8, 4) is 0 Å². The third-order valence-corrected chi connectivity index (χ3v) is 4.70. The quantitative estimate of drug-likeness (QED) is 0.792. The summed E-state index contributed by atoms with van der Waals surface area (Å²) < 4.78 is 0. The van der Waals surface area contributed by atoms with Gasteiger partial charge in [0.05, 0.1) is 11.5 Å². The summed E-state index contributed by atoms with van der Waals surface area (Å²) in [5, 5.41) is 12.7. The van der Waals surface area contributed by atoms with Gasteiger partial charge in [-0.1, -0.05) is 19.8 Å². The molecule has 1 heterocycles. The summed E-state index contributed by atoms with van der Waals surface area (Å²) in [6.45, 7) is 4.38. The van der Waals surface area contributed by atoms with Crippen molar-refractivity contribution in [3.05, 3.63) is 0 Å². The molecule has 5 heteroatoms. The van der Waals surface area contributed by atoms with Crippen LogP contribution in [-0.4, -0.2) is 46.6 Å². The fourth-order valence-electron chi connectivity index (χ4n) is 3.02. The molecule has 2 fully saturated rings. The van der Waals surface area contributed by atoms with E-state index in [2.05, 4.69) is 5.32 Å². The molecular weight excluding hydrogens is 256 g/mol. The maximum absolute atomic E-state index is 12.1. The summed E-state index contributed by atoms with van der Waals surface area (Å²) in [5.74, 6) is -0.248. The zero-order valence-corrected chi connectivity index (χ0v) is 12.5. The van der Waals surface area contributed by atoms with Gasteiger partial charge in [-0.15, -0.1) is 0 Å². The molecule has 2 amide bonds. The first-order valence-electron chi connectivity index (χ1n) is 7.72. The van der Waals surface area contributed by atoms with Crippen LogP contribution in [0.5, 0.6) is 0 Å². The summed E-state index contributed by atoms with van der Waals surface area (Å²) in [7, 11) is 0. The topological polar surface area (TPSA) is 69.6 Å². The Morgan fingerprint density at radius 1 is 1.45 bits per heavy atom. The van der Waals surface area contributed by atoms with Crippen LogP contribution in [0.2, 0.25) is 0 Å². The van der Waals surface area contributed by atoms with Gasteiger partial charge in [0, 0.05) is 25.6 Å². The zero-order chi connectivity index (χ0) is 14.8. The van der Waals surface area contributed by atoms with Gasteiger partial charge in [0.15, 0.2) is 0 Å². The summed E-state index contributed by atoms with van der Waals surface area (Å²) in [4.78, 5) is 26.0. The monoisotopic (exact) mass is 282 g/mol. The number of nitrogens with one attached hydrogen (secondary N) is 1. The molecular formula is C15H26N2O3. The molecule has 1 aliphatic heterocycles. The predicted octanol–water partition coefficient (Wildman–Crippen LogP) is 1.05. The lowest BCUT2D eigenvalue weighted by Gasteiger charge is -2.25. The van der Waals surface area contributed by atoms with Crippen LogP contribution in [0.3, 0.4) is 0 Å². The van der Waals surface area contributed by atoms with E-state index >= 15 is 0 Å².